The van der Waals surface area contributed by atoms with Crippen molar-refractivity contribution in [3.63, 3.8) is 0 Å². The van der Waals surface area contributed by atoms with Gasteiger partial charge < -0.3 is 9.92 Å². The Balaban J connectivity index is 2.39. The van der Waals surface area contributed by atoms with Crippen LogP contribution in [0.5, 0.6) is 0 Å². The number of aliphatic hydroxyl groups is 1. The van der Waals surface area contributed by atoms with Crippen LogP contribution in [0.1, 0.15) is 13.3 Å². The second-order valence-electron chi connectivity index (χ2n) is 2.68. The zero-order chi connectivity index (χ0) is 6.15. The number of aliphatic hydroxyl groups excluding tert-OH is 1. The van der Waals surface area contributed by atoms with Gasteiger partial charge in [-0.25, -0.2) is 0 Å². The van der Waals surface area contributed by atoms with Gasteiger partial charge in [-0.15, -0.1) is 0 Å². The zero-order valence-corrected chi connectivity index (χ0v) is 5.46. The molecule has 1 saturated heterocycles. The Hall–Kier alpha value is -0.0151. The van der Waals surface area contributed by atoms with Gasteiger partial charge in [-0.05, 0) is 12.5 Å². The summed E-state index contributed by atoms with van der Waals surface area (Å²) in [6.07, 6.45) is 0.867. The van der Waals surface area contributed by atoms with E-state index in [9.17, 15) is 0 Å². The Labute approximate surface area is 50.9 Å². The van der Waals surface area contributed by atoms with E-state index in [0.717, 1.165) is 13.0 Å². The van der Waals surface area contributed by atoms with Crippen LogP contribution in [-0.4, -0.2) is 36.6 Å². The first-order valence-electron chi connectivity index (χ1n) is 3.08. The van der Waals surface area contributed by atoms with Crippen molar-refractivity contribution in [1.82, 2.24) is 4.81 Å². The fourth-order valence-electron chi connectivity index (χ4n) is 1.16. The monoisotopic (exact) mass is 113 g/mol. The van der Waals surface area contributed by atoms with Crippen LogP contribution in [0.15, 0.2) is 0 Å². The Morgan fingerprint density at radius 1 is 1.75 bits per heavy atom. The third-order valence-corrected chi connectivity index (χ3v) is 1.86. The van der Waals surface area contributed by atoms with Crippen LogP contribution in [0.2, 0.25) is 0 Å². The predicted molar refractivity (Wildman–Crippen MR) is 35.3 cm³/mol. The first-order valence-corrected chi connectivity index (χ1v) is 3.08. The highest BCUT2D eigenvalue weighted by atomic mass is 16.3. The van der Waals surface area contributed by atoms with Gasteiger partial charge in [0.2, 0.25) is 0 Å². The molecular weight excluding hydrogens is 101 g/mol. The summed E-state index contributed by atoms with van der Waals surface area (Å²) in [6, 6.07) is 0.574. The first kappa shape index (κ1) is 6.11. The van der Waals surface area contributed by atoms with Gasteiger partial charge in [0.1, 0.15) is 0 Å². The molecule has 3 heteroatoms. The van der Waals surface area contributed by atoms with Crippen molar-refractivity contribution >= 4 is 7.98 Å². The van der Waals surface area contributed by atoms with E-state index in [4.69, 9.17) is 5.11 Å². The van der Waals surface area contributed by atoms with Crippen LogP contribution in [0.3, 0.4) is 0 Å². The third-order valence-electron chi connectivity index (χ3n) is 1.86. The standard InChI is InChI=1S/C5H12BNO/c1-4-2-5(8)3-7(4)6/h4-5,8H,2-3,6H2,1H3/t4?,5-/m1/s1. The van der Waals surface area contributed by atoms with Gasteiger partial charge in [0, 0.05) is 6.54 Å². The molecule has 1 N–H and O–H groups in total. The summed E-state index contributed by atoms with van der Waals surface area (Å²) in [5.41, 5.74) is 0. The Morgan fingerprint density at radius 3 is 2.50 bits per heavy atom. The summed E-state index contributed by atoms with van der Waals surface area (Å²) in [6.45, 7) is 2.98. The highest BCUT2D eigenvalue weighted by Crippen LogP contribution is 2.13. The fraction of sp³-hybridized carbons (Fsp3) is 1.00. The Kier molecular flexibility index (Phi) is 1.58. The lowest BCUT2D eigenvalue weighted by molar-refractivity contribution is 0.189. The molecule has 0 aromatic rings. The quantitative estimate of drug-likeness (QED) is 0.407. The van der Waals surface area contributed by atoms with Crippen molar-refractivity contribution in [2.24, 2.45) is 0 Å². The Morgan fingerprint density at radius 2 is 2.38 bits per heavy atom. The lowest BCUT2D eigenvalue weighted by Gasteiger charge is -2.12. The summed E-state index contributed by atoms with van der Waals surface area (Å²) < 4.78 is 0. The highest BCUT2D eigenvalue weighted by molar-refractivity contribution is 6.04. The lowest BCUT2D eigenvalue weighted by Crippen LogP contribution is -2.23. The number of nitrogens with zero attached hydrogens (tertiary/aromatic N) is 1. The average molecular weight is 113 g/mol. The van der Waals surface area contributed by atoms with Crippen LogP contribution < -0.4 is 0 Å². The third kappa shape index (κ3) is 1.04. The van der Waals surface area contributed by atoms with Crippen LogP contribution in [-0.2, 0) is 0 Å². The van der Waals surface area contributed by atoms with Gasteiger partial charge in [-0.3, -0.25) is 0 Å². The van der Waals surface area contributed by atoms with Crippen molar-refractivity contribution < 1.29 is 5.11 Å². The molecule has 0 bridgehead atoms. The predicted octanol–water partition coefficient (Wildman–Crippen LogP) is -1.01. The number of hydrogen-bond donors (Lipinski definition) is 1. The van der Waals surface area contributed by atoms with Crippen molar-refractivity contribution in [3.05, 3.63) is 0 Å². The molecule has 0 amide bonds. The van der Waals surface area contributed by atoms with Crippen molar-refractivity contribution in [2.75, 3.05) is 6.54 Å². The second kappa shape index (κ2) is 2.07. The minimum atomic E-state index is -0.0741. The molecule has 1 aliphatic rings. The van der Waals surface area contributed by atoms with E-state index in [-0.39, 0.29) is 6.10 Å². The first-order chi connectivity index (χ1) is 3.70. The zero-order valence-electron chi connectivity index (χ0n) is 5.46. The maximum atomic E-state index is 9.03. The summed E-state index contributed by atoms with van der Waals surface area (Å²) >= 11 is 0. The number of hydrogen-bond acceptors (Lipinski definition) is 2. The summed E-state index contributed by atoms with van der Waals surface area (Å²) in [7, 11) is 2.04. The van der Waals surface area contributed by atoms with E-state index in [1.165, 1.54) is 0 Å². The molecule has 0 saturated carbocycles. The molecule has 0 spiro atoms. The Bertz CT molecular complexity index is 78.5. The largest absolute Gasteiger partial charge is 0.392 e. The van der Waals surface area contributed by atoms with Crippen LogP contribution in [0.4, 0.5) is 0 Å². The highest BCUT2D eigenvalue weighted by Gasteiger charge is 2.22. The summed E-state index contributed by atoms with van der Waals surface area (Å²) in [5, 5.41) is 9.03. The van der Waals surface area contributed by atoms with Crippen molar-refractivity contribution in [2.45, 2.75) is 25.5 Å². The molecule has 46 valence electrons. The van der Waals surface area contributed by atoms with Crippen molar-refractivity contribution in [1.29, 1.82) is 0 Å². The number of β-amino-alcohol motifs (C(OH)–C–C–N with tert-alkyl or cyclic N) is 1. The van der Waals surface area contributed by atoms with Crippen LogP contribution in [0.25, 0.3) is 0 Å². The lowest BCUT2D eigenvalue weighted by atomic mass is 10.2. The summed E-state index contributed by atoms with van der Waals surface area (Å²) in [4.78, 5) is 2.17. The SMILES string of the molecule is BN1C[C@H](O)CC1C. The molecule has 1 aliphatic heterocycles. The van der Waals surface area contributed by atoms with Crippen molar-refractivity contribution in [3.8, 4) is 0 Å². The minimum absolute atomic E-state index is 0.0741. The molecule has 8 heavy (non-hydrogen) atoms. The average Bonchev–Trinajstić information content (AvgIpc) is 1.85. The molecule has 1 unspecified atom stereocenters. The molecule has 0 radical (unpaired) electrons. The van der Waals surface area contributed by atoms with Gasteiger partial charge in [0.15, 0.2) is 7.98 Å². The van der Waals surface area contributed by atoms with Gasteiger partial charge in [0.05, 0.1) is 6.10 Å². The molecule has 0 aliphatic carbocycles. The maximum absolute atomic E-state index is 9.03. The van der Waals surface area contributed by atoms with Gasteiger partial charge >= 0.3 is 0 Å². The van der Waals surface area contributed by atoms with Gasteiger partial charge in [-0.1, -0.05) is 6.92 Å². The van der Waals surface area contributed by atoms with E-state index < -0.39 is 0 Å². The topological polar surface area (TPSA) is 23.5 Å². The van der Waals surface area contributed by atoms with E-state index in [2.05, 4.69) is 11.7 Å². The molecule has 1 heterocycles. The van der Waals surface area contributed by atoms with E-state index in [1.807, 2.05) is 7.98 Å². The van der Waals surface area contributed by atoms with E-state index in [0.29, 0.717) is 6.04 Å². The molecule has 2 nitrogen and oxygen atoms in total. The normalized spacial score (nSPS) is 40.8. The number of rotatable bonds is 0. The van der Waals surface area contributed by atoms with Crippen LogP contribution in [0, 0.1) is 0 Å². The molecular formula is C5H12BNO. The minimum Gasteiger partial charge on any atom is -0.392 e. The smallest absolute Gasteiger partial charge is 0.185 e. The van der Waals surface area contributed by atoms with Gasteiger partial charge in [-0.2, -0.15) is 0 Å². The molecule has 0 aromatic carbocycles. The van der Waals surface area contributed by atoms with Crippen LogP contribution >= 0.6 is 0 Å². The summed E-state index contributed by atoms with van der Waals surface area (Å²) in [5.74, 6) is 0. The second-order valence-corrected chi connectivity index (χ2v) is 2.68. The fourth-order valence-corrected chi connectivity index (χ4v) is 1.16. The molecule has 1 rings (SSSR count). The maximum Gasteiger partial charge on any atom is 0.185 e. The molecule has 2 atom stereocenters. The molecule has 0 aromatic heterocycles. The van der Waals surface area contributed by atoms with E-state index >= 15 is 0 Å². The molecule has 1 fully saturated rings. The van der Waals surface area contributed by atoms with E-state index in [1.54, 1.807) is 0 Å². The van der Waals surface area contributed by atoms with Gasteiger partial charge in [0.25, 0.3) is 0 Å².